The molecule has 3 aromatic carbocycles. The van der Waals surface area contributed by atoms with Gasteiger partial charge in [-0.3, -0.25) is 9.67 Å². The second kappa shape index (κ2) is 7.04. The molecule has 30 heavy (non-hydrogen) atoms. The number of ether oxygens (including phenoxy) is 1. The molecule has 148 valence electrons. The number of nitrogen functional groups attached to an aromatic ring is 1. The van der Waals surface area contributed by atoms with E-state index < -0.39 is 0 Å². The summed E-state index contributed by atoms with van der Waals surface area (Å²) >= 11 is 0. The number of halogens is 1. The number of anilines is 1. The van der Waals surface area contributed by atoms with Gasteiger partial charge in [-0.15, -0.1) is 0 Å². The lowest BCUT2D eigenvalue weighted by Crippen LogP contribution is -1.97. The van der Waals surface area contributed by atoms with Gasteiger partial charge in [-0.05, 0) is 53.6 Å². The molecular formula is C23H18FN5O. The van der Waals surface area contributed by atoms with Crippen LogP contribution in [0.1, 0.15) is 0 Å². The number of hydrogen-bond acceptors (Lipinski definition) is 4. The number of fused-ring (bicyclic) bond motifs is 1. The molecule has 0 unspecified atom stereocenters. The van der Waals surface area contributed by atoms with E-state index >= 15 is 0 Å². The number of nitrogens with one attached hydrogen (secondary N) is 1. The summed E-state index contributed by atoms with van der Waals surface area (Å²) in [5.41, 5.74) is 12.4. The van der Waals surface area contributed by atoms with E-state index in [4.69, 9.17) is 10.5 Å². The Kier molecular flexibility index (Phi) is 4.21. The van der Waals surface area contributed by atoms with Crippen molar-refractivity contribution in [2.75, 3.05) is 12.8 Å². The maximum atomic E-state index is 14.6. The molecule has 0 amide bonds. The van der Waals surface area contributed by atoms with Gasteiger partial charge in [0.2, 0.25) is 0 Å². The predicted octanol–water partition coefficient (Wildman–Crippen LogP) is 4.81. The molecule has 0 aliphatic carbocycles. The van der Waals surface area contributed by atoms with Crippen LogP contribution < -0.4 is 10.5 Å². The van der Waals surface area contributed by atoms with Gasteiger partial charge in [0, 0.05) is 34.8 Å². The molecule has 5 rings (SSSR count). The van der Waals surface area contributed by atoms with Crippen molar-refractivity contribution in [3.63, 3.8) is 0 Å². The Labute approximate surface area is 171 Å². The number of methoxy groups -OCH3 is 1. The normalized spacial score (nSPS) is 11.1. The van der Waals surface area contributed by atoms with Crippen molar-refractivity contribution >= 4 is 16.7 Å². The summed E-state index contributed by atoms with van der Waals surface area (Å²) in [7, 11) is 1.51. The van der Waals surface area contributed by atoms with E-state index in [1.54, 1.807) is 30.7 Å². The minimum atomic E-state index is -0.369. The summed E-state index contributed by atoms with van der Waals surface area (Å²) in [4.78, 5) is 4.54. The van der Waals surface area contributed by atoms with E-state index in [1.165, 1.54) is 13.2 Å². The highest BCUT2D eigenvalue weighted by atomic mass is 19.1. The highest BCUT2D eigenvalue weighted by Gasteiger charge is 2.12. The number of nitrogens with zero attached hydrogens (tertiary/aromatic N) is 3. The lowest BCUT2D eigenvalue weighted by molar-refractivity contribution is 0.411. The van der Waals surface area contributed by atoms with Crippen LogP contribution in [0.4, 0.5) is 10.1 Å². The molecule has 0 saturated carbocycles. The van der Waals surface area contributed by atoms with Gasteiger partial charge in [-0.1, -0.05) is 6.07 Å². The van der Waals surface area contributed by atoms with Crippen LogP contribution >= 0.6 is 0 Å². The third kappa shape index (κ3) is 3.06. The maximum Gasteiger partial charge on any atom is 0.134 e. The summed E-state index contributed by atoms with van der Waals surface area (Å²) in [5, 5.41) is 6.81. The highest BCUT2D eigenvalue weighted by Crippen LogP contribution is 2.31. The first-order valence-corrected chi connectivity index (χ1v) is 9.33. The Bertz CT molecular complexity index is 1360. The largest absolute Gasteiger partial charge is 0.497 e. The second-order valence-electron chi connectivity index (χ2n) is 6.96. The monoisotopic (exact) mass is 399 g/mol. The van der Waals surface area contributed by atoms with Crippen molar-refractivity contribution in [3.05, 3.63) is 79.1 Å². The van der Waals surface area contributed by atoms with Crippen LogP contribution in [0.2, 0.25) is 0 Å². The van der Waals surface area contributed by atoms with Gasteiger partial charge < -0.3 is 10.5 Å². The standard InChI is InChI=1S/C23H18FN5O/c1-30-19-3-4-20(21(24)10-19)15-6-17(25)9-18(7-15)29-13-26-22-8-14(2-5-23(22)29)16-11-27-28-12-16/h2-13H,25H2,1H3,(H,27,28). The summed E-state index contributed by atoms with van der Waals surface area (Å²) < 4.78 is 21.6. The quantitative estimate of drug-likeness (QED) is 0.425. The molecule has 0 atom stereocenters. The molecule has 0 saturated heterocycles. The van der Waals surface area contributed by atoms with Crippen molar-refractivity contribution < 1.29 is 9.13 Å². The average Bonchev–Trinajstić information content (AvgIpc) is 3.42. The number of benzene rings is 3. The molecule has 5 aromatic rings. The summed E-state index contributed by atoms with van der Waals surface area (Å²) in [6.45, 7) is 0. The number of aromatic nitrogens is 4. The van der Waals surface area contributed by atoms with E-state index in [0.29, 0.717) is 22.6 Å². The Morgan fingerprint density at radius 3 is 2.67 bits per heavy atom. The van der Waals surface area contributed by atoms with E-state index in [0.717, 1.165) is 27.8 Å². The molecule has 0 aliphatic rings. The van der Waals surface area contributed by atoms with Crippen molar-refractivity contribution in [2.24, 2.45) is 0 Å². The van der Waals surface area contributed by atoms with Gasteiger partial charge in [-0.2, -0.15) is 5.10 Å². The molecule has 6 nitrogen and oxygen atoms in total. The maximum absolute atomic E-state index is 14.6. The van der Waals surface area contributed by atoms with Gasteiger partial charge in [0.1, 0.15) is 17.9 Å². The van der Waals surface area contributed by atoms with Crippen molar-refractivity contribution in [1.82, 2.24) is 19.7 Å². The Balaban J connectivity index is 1.60. The van der Waals surface area contributed by atoms with Crippen molar-refractivity contribution in [2.45, 2.75) is 0 Å². The van der Waals surface area contributed by atoms with E-state index in [1.807, 2.05) is 41.1 Å². The molecule has 0 spiro atoms. The zero-order valence-electron chi connectivity index (χ0n) is 16.1. The first-order chi connectivity index (χ1) is 14.6. The number of H-pyrrole nitrogens is 1. The smallest absolute Gasteiger partial charge is 0.134 e. The first kappa shape index (κ1) is 17.9. The molecule has 0 radical (unpaired) electrons. The van der Waals surface area contributed by atoms with Gasteiger partial charge >= 0.3 is 0 Å². The minimum absolute atomic E-state index is 0.369. The molecule has 0 bridgehead atoms. The fourth-order valence-electron chi connectivity index (χ4n) is 3.59. The van der Waals surface area contributed by atoms with Crippen molar-refractivity contribution in [1.29, 1.82) is 0 Å². The molecule has 2 aromatic heterocycles. The Hall–Kier alpha value is -4.13. The fraction of sp³-hybridized carbons (Fsp3) is 0.0435. The average molecular weight is 399 g/mol. The predicted molar refractivity (Wildman–Crippen MR) is 115 cm³/mol. The number of hydrogen-bond donors (Lipinski definition) is 2. The van der Waals surface area contributed by atoms with Crippen molar-refractivity contribution in [3.8, 4) is 33.7 Å². The molecule has 0 fully saturated rings. The molecule has 7 heteroatoms. The number of aromatic amines is 1. The van der Waals surface area contributed by atoms with E-state index in [9.17, 15) is 4.39 Å². The molecule has 2 heterocycles. The van der Waals surface area contributed by atoms with Crippen LogP contribution in [0.5, 0.6) is 5.75 Å². The third-order valence-corrected chi connectivity index (χ3v) is 5.08. The molecule has 3 N–H and O–H groups in total. The number of rotatable bonds is 4. The van der Waals surface area contributed by atoms with E-state index in [2.05, 4.69) is 15.2 Å². The lowest BCUT2D eigenvalue weighted by Gasteiger charge is -2.11. The minimum Gasteiger partial charge on any atom is -0.497 e. The fourth-order valence-corrected chi connectivity index (χ4v) is 3.59. The summed E-state index contributed by atoms with van der Waals surface area (Å²) in [6, 6.07) is 16.3. The topological polar surface area (TPSA) is 81.8 Å². The van der Waals surface area contributed by atoms with Crippen LogP contribution in [-0.4, -0.2) is 26.9 Å². The molecule has 0 aliphatic heterocycles. The van der Waals surface area contributed by atoms with Crippen LogP contribution in [0, 0.1) is 5.82 Å². The van der Waals surface area contributed by atoms with Crippen LogP contribution in [0.3, 0.4) is 0 Å². The zero-order valence-corrected chi connectivity index (χ0v) is 16.1. The highest BCUT2D eigenvalue weighted by molar-refractivity contribution is 5.84. The van der Waals surface area contributed by atoms with Gasteiger partial charge in [0.15, 0.2) is 0 Å². The zero-order chi connectivity index (χ0) is 20.7. The Morgan fingerprint density at radius 2 is 1.90 bits per heavy atom. The van der Waals surface area contributed by atoms with Crippen LogP contribution in [0.25, 0.3) is 39.0 Å². The summed E-state index contributed by atoms with van der Waals surface area (Å²) in [5.74, 6) is 0.0977. The van der Waals surface area contributed by atoms with Gasteiger partial charge in [-0.25, -0.2) is 9.37 Å². The number of imidazole rings is 1. The second-order valence-corrected chi connectivity index (χ2v) is 6.96. The SMILES string of the molecule is COc1ccc(-c2cc(N)cc(-n3cnc4cc(-c5cn[nH]c5)ccc43)c2)c(F)c1. The molecular weight excluding hydrogens is 381 g/mol. The van der Waals surface area contributed by atoms with Gasteiger partial charge in [0.25, 0.3) is 0 Å². The number of nitrogens with two attached hydrogens (primary N) is 1. The first-order valence-electron chi connectivity index (χ1n) is 9.33. The van der Waals surface area contributed by atoms with Crippen LogP contribution in [-0.2, 0) is 0 Å². The lowest BCUT2D eigenvalue weighted by atomic mass is 10.0. The van der Waals surface area contributed by atoms with Crippen LogP contribution in [0.15, 0.2) is 73.3 Å². The van der Waals surface area contributed by atoms with Gasteiger partial charge in [0.05, 0.1) is 24.3 Å². The third-order valence-electron chi connectivity index (χ3n) is 5.08. The Morgan fingerprint density at radius 1 is 1.00 bits per heavy atom. The van der Waals surface area contributed by atoms with E-state index in [-0.39, 0.29) is 5.82 Å². The summed E-state index contributed by atoms with van der Waals surface area (Å²) in [6.07, 6.45) is 5.35.